The second-order valence-electron chi connectivity index (χ2n) is 4.91. The van der Waals surface area contributed by atoms with E-state index in [4.69, 9.17) is 16.3 Å². The summed E-state index contributed by atoms with van der Waals surface area (Å²) in [5.41, 5.74) is 0.925. The first kappa shape index (κ1) is 18.1. The molecule has 0 radical (unpaired) electrons. The van der Waals surface area contributed by atoms with Crippen LogP contribution < -0.4 is 4.74 Å². The van der Waals surface area contributed by atoms with Gasteiger partial charge in [-0.1, -0.05) is 23.7 Å². The van der Waals surface area contributed by atoms with Gasteiger partial charge in [0.05, 0.1) is 17.0 Å². The minimum absolute atomic E-state index is 0.145. The van der Waals surface area contributed by atoms with Gasteiger partial charge in [-0.3, -0.25) is 0 Å². The van der Waals surface area contributed by atoms with Gasteiger partial charge in [-0.25, -0.2) is 8.42 Å². The van der Waals surface area contributed by atoms with Crippen molar-refractivity contribution in [2.24, 2.45) is 0 Å². The van der Waals surface area contributed by atoms with E-state index in [2.05, 4.69) is 0 Å². The van der Waals surface area contributed by atoms with Crippen LogP contribution in [0.25, 0.3) is 0 Å². The monoisotopic (exact) mass is 371 g/mol. The Bertz CT molecular complexity index is 776. The van der Waals surface area contributed by atoms with E-state index >= 15 is 0 Å². The molecular formula is C16H18ClNO3S2. The van der Waals surface area contributed by atoms with Crippen LogP contribution in [0.5, 0.6) is 5.75 Å². The SMILES string of the molecule is COc1ccc(S(=O)(=O)N(C)Cc2ccc(SC)cc2)cc1Cl. The van der Waals surface area contributed by atoms with E-state index in [0.29, 0.717) is 12.3 Å². The number of hydrogen-bond acceptors (Lipinski definition) is 4. The number of hydrogen-bond donors (Lipinski definition) is 0. The van der Waals surface area contributed by atoms with Crippen molar-refractivity contribution < 1.29 is 13.2 Å². The van der Waals surface area contributed by atoms with E-state index in [-0.39, 0.29) is 9.92 Å². The van der Waals surface area contributed by atoms with Gasteiger partial charge in [-0.15, -0.1) is 11.8 Å². The maximum Gasteiger partial charge on any atom is 0.243 e. The average Bonchev–Trinajstić information content (AvgIpc) is 2.55. The van der Waals surface area contributed by atoms with Crippen LogP contribution in [-0.2, 0) is 16.6 Å². The summed E-state index contributed by atoms with van der Waals surface area (Å²) in [7, 11) is -0.575. The molecule has 0 aliphatic carbocycles. The van der Waals surface area contributed by atoms with Gasteiger partial charge < -0.3 is 4.74 Å². The zero-order valence-corrected chi connectivity index (χ0v) is 15.5. The van der Waals surface area contributed by atoms with Gasteiger partial charge in [-0.2, -0.15) is 4.31 Å². The zero-order valence-electron chi connectivity index (χ0n) is 13.1. The summed E-state index contributed by atoms with van der Waals surface area (Å²) in [5.74, 6) is 0.445. The van der Waals surface area contributed by atoms with Gasteiger partial charge in [0.15, 0.2) is 0 Å². The molecule has 0 spiro atoms. The molecule has 0 aromatic heterocycles. The predicted molar refractivity (Wildman–Crippen MR) is 94.9 cm³/mol. The summed E-state index contributed by atoms with van der Waals surface area (Å²) < 4.78 is 31.6. The Hall–Kier alpha value is -1.21. The van der Waals surface area contributed by atoms with Crippen LogP contribution in [0.4, 0.5) is 0 Å². The normalized spacial score (nSPS) is 11.7. The Balaban J connectivity index is 2.22. The van der Waals surface area contributed by atoms with Crippen LogP contribution in [0, 0.1) is 0 Å². The van der Waals surface area contributed by atoms with Crippen LogP contribution in [-0.4, -0.2) is 33.1 Å². The van der Waals surface area contributed by atoms with Crippen LogP contribution in [0.2, 0.25) is 5.02 Å². The second kappa shape index (κ2) is 7.57. The molecule has 0 aliphatic heterocycles. The molecule has 124 valence electrons. The second-order valence-corrected chi connectivity index (χ2v) is 8.24. The van der Waals surface area contributed by atoms with Crippen molar-refractivity contribution in [3.8, 4) is 5.75 Å². The fraction of sp³-hybridized carbons (Fsp3) is 0.250. The van der Waals surface area contributed by atoms with Crippen molar-refractivity contribution >= 4 is 33.4 Å². The fourth-order valence-corrected chi connectivity index (χ4v) is 3.98. The molecule has 2 aromatic rings. The number of sulfonamides is 1. The van der Waals surface area contributed by atoms with Gasteiger partial charge in [0, 0.05) is 18.5 Å². The Morgan fingerprint density at radius 3 is 2.35 bits per heavy atom. The fourth-order valence-electron chi connectivity index (χ4n) is 2.06. The Morgan fingerprint density at radius 2 is 1.83 bits per heavy atom. The summed E-state index contributed by atoms with van der Waals surface area (Å²) in [6, 6.07) is 12.3. The van der Waals surface area contributed by atoms with Crippen molar-refractivity contribution in [3.63, 3.8) is 0 Å². The van der Waals surface area contributed by atoms with Gasteiger partial charge in [0.1, 0.15) is 5.75 Å². The van der Waals surface area contributed by atoms with E-state index in [1.54, 1.807) is 24.9 Å². The van der Waals surface area contributed by atoms with E-state index in [1.165, 1.54) is 23.5 Å². The van der Waals surface area contributed by atoms with Gasteiger partial charge in [-0.05, 0) is 42.2 Å². The number of ether oxygens (including phenoxy) is 1. The molecule has 23 heavy (non-hydrogen) atoms. The number of benzene rings is 2. The first-order valence-corrected chi connectivity index (χ1v) is 9.85. The lowest BCUT2D eigenvalue weighted by Crippen LogP contribution is -2.26. The molecule has 0 saturated heterocycles. The Labute approximate surface area is 146 Å². The molecule has 0 aliphatic rings. The number of halogens is 1. The zero-order chi connectivity index (χ0) is 17.0. The maximum absolute atomic E-state index is 12.6. The highest BCUT2D eigenvalue weighted by Crippen LogP contribution is 2.28. The predicted octanol–water partition coefficient (Wildman–Crippen LogP) is 3.89. The molecule has 2 rings (SSSR count). The third kappa shape index (κ3) is 4.20. The van der Waals surface area contributed by atoms with Gasteiger partial charge >= 0.3 is 0 Å². The standard InChI is InChI=1S/C16H18ClNO3S2/c1-18(11-12-4-6-13(22-3)7-5-12)23(19,20)14-8-9-16(21-2)15(17)10-14/h4-10H,11H2,1-3H3. The number of nitrogens with zero attached hydrogens (tertiary/aromatic N) is 1. The minimum atomic E-state index is -3.61. The van der Waals surface area contributed by atoms with E-state index < -0.39 is 10.0 Å². The van der Waals surface area contributed by atoms with E-state index in [0.717, 1.165) is 10.5 Å². The van der Waals surface area contributed by atoms with Crippen LogP contribution in [0.3, 0.4) is 0 Å². The third-order valence-electron chi connectivity index (χ3n) is 3.40. The summed E-state index contributed by atoms with van der Waals surface area (Å²) in [5, 5.41) is 0.270. The maximum atomic E-state index is 12.6. The highest BCUT2D eigenvalue weighted by Gasteiger charge is 2.22. The molecule has 7 heteroatoms. The summed E-state index contributed by atoms with van der Waals surface area (Å²) in [4.78, 5) is 1.28. The van der Waals surface area contributed by atoms with E-state index in [1.807, 2.05) is 30.5 Å². The third-order valence-corrected chi connectivity index (χ3v) is 6.23. The summed E-state index contributed by atoms with van der Waals surface area (Å²) >= 11 is 7.67. The summed E-state index contributed by atoms with van der Waals surface area (Å²) in [6.45, 7) is 0.292. The summed E-state index contributed by atoms with van der Waals surface area (Å²) in [6.07, 6.45) is 2.00. The lowest BCUT2D eigenvalue weighted by atomic mass is 10.2. The molecule has 0 bridgehead atoms. The first-order chi connectivity index (χ1) is 10.9. The molecule has 0 saturated carbocycles. The van der Waals surface area contributed by atoms with Crippen LogP contribution in [0.1, 0.15) is 5.56 Å². The average molecular weight is 372 g/mol. The smallest absolute Gasteiger partial charge is 0.243 e. The largest absolute Gasteiger partial charge is 0.495 e. The number of methoxy groups -OCH3 is 1. The molecular weight excluding hydrogens is 354 g/mol. The number of thioether (sulfide) groups is 1. The number of rotatable bonds is 6. The lowest BCUT2D eigenvalue weighted by Gasteiger charge is -2.18. The lowest BCUT2D eigenvalue weighted by molar-refractivity contribution is 0.414. The Kier molecular flexibility index (Phi) is 5.97. The van der Waals surface area contributed by atoms with Gasteiger partial charge in [0.25, 0.3) is 0 Å². The van der Waals surface area contributed by atoms with Crippen LogP contribution >= 0.6 is 23.4 Å². The van der Waals surface area contributed by atoms with Gasteiger partial charge in [0.2, 0.25) is 10.0 Å². The molecule has 0 N–H and O–H groups in total. The molecule has 0 amide bonds. The first-order valence-electron chi connectivity index (χ1n) is 6.81. The van der Waals surface area contributed by atoms with Crippen molar-refractivity contribution in [2.75, 3.05) is 20.4 Å². The topological polar surface area (TPSA) is 46.6 Å². The molecule has 2 aromatic carbocycles. The van der Waals surface area contributed by atoms with Crippen molar-refractivity contribution in [1.82, 2.24) is 4.31 Å². The molecule has 0 heterocycles. The molecule has 0 fully saturated rings. The van der Waals surface area contributed by atoms with E-state index in [9.17, 15) is 8.42 Å². The van der Waals surface area contributed by atoms with Crippen molar-refractivity contribution in [3.05, 3.63) is 53.1 Å². The van der Waals surface area contributed by atoms with Crippen molar-refractivity contribution in [1.29, 1.82) is 0 Å². The molecule has 4 nitrogen and oxygen atoms in total. The van der Waals surface area contributed by atoms with Crippen LogP contribution in [0.15, 0.2) is 52.3 Å². The Morgan fingerprint density at radius 1 is 1.17 bits per heavy atom. The molecule has 0 atom stereocenters. The molecule has 0 unspecified atom stereocenters. The quantitative estimate of drug-likeness (QED) is 0.723. The minimum Gasteiger partial charge on any atom is -0.495 e. The van der Waals surface area contributed by atoms with Crippen molar-refractivity contribution in [2.45, 2.75) is 16.3 Å². The highest BCUT2D eigenvalue weighted by molar-refractivity contribution is 7.98. The highest BCUT2D eigenvalue weighted by atomic mass is 35.5.